The molecule has 2 heterocycles. The lowest BCUT2D eigenvalue weighted by Gasteiger charge is -2.38. The van der Waals surface area contributed by atoms with Crippen molar-refractivity contribution in [3.05, 3.63) is 56.7 Å². The fourth-order valence-corrected chi connectivity index (χ4v) is 4.67. The monoisotopic (exact) mass is 419 g/mol. The van der Waals surface area contributed by atoms with Gasteiger partial charge >= 0.3 is 6.03 Å². The molecule has 0 spiro atoms. The Morgan fingerprint density at radius 1 is 1.21 bits per heavy atom. The fourth-order valence-electron chi connectivity index (χ4n) is 3.64. The molecule has 0 radical (unpaired) electrons. The molecule has 0 fully saturated rings. The predicted molar refractivity (Wildman–Crippen MR) is 114 cm³/mol. The smallest absolute Gasteiger partial charge is 0.319 e. The average molecular weight is 420 g/mol. The van der Waals surface area contributed by atoms with Crippen LogP contribution in [0.3, 0.4) is 0 Å². The van der Waals surface area contributed by atoms with Crippen molar-refractivity contribution >= 4 is 34.9 Å². The van der Waals surface area contributed by atoms with E-state index < -0.39 is 0 Å². The molecule has 1 aliphatic rings. The SMILES string of the molecule is CCCN(CC(=O)N1CCc2sccc2C1c1ccc(Cl)cc1)C(=O)N(C)C. The molecule has 3 rings (SSSR count). The molecule has 150 valence electrons. The molecule has 1 aromatic heterocycles. The molecule has 1 unspecified atom stereocenters. The van der Waals surface area contributed by atoms with Crippen LogP contribution in [0.15, 0.2) is 35.7 Å². The maximum absolute atomic E-state index is 13.3. The Balaban J connectivity index is 1.89. The average Bonchev–Trinajstić information content (AvgIpc) is 3.15. The third-order valence-corrected chi connectivity index (χ3v) is 6.19. The number of urea groups is 1. The molecule has 7 heteroatoms. The summed E-state index contributed by atoms with van der Waals surface area (Å²) in [7, 11) is 3.43. The molecule has 3 amide bonds. The first-order valence-electron chi connectivity index (χ1n) is 9.49. The first kappa shape index (κ1) is 20.7. The van der Waals surface area contributed by atoms with Gasteiger partial charge in [-0.15, -0.1) is 11.3 Å². The molecule has 1 aliphatic heterocycles. The van der Waals surface area contributed by atoms with Crippen LogP contribution in [0.1, 0.15) is 35.4 Å². The normalized spacial score (nSPS) is 15.9. The number of carbonyl (C=O) groups is 2. The number of benzene rings is 1. The topological polar surface area (TPSA) is 43.9 Å². The number of fused-ring (bicyclic) bond motifs is 1. The number of carbonyl (C=O) groups excluding carboxylic acids is 2. The van der Waals surface area contributed by atoms with Gasteiger partial charge < -0.3 is 14.7 Å². The molecule has 2 aromatic rings. The summed E-state index contributed by atoms with van der Waals surface area (Å²) in [5, 5.41) is 2.76. The van der Waals surface area contributed by atoms with Crippen molar-refractivity contribution in [2.24, 2.45) is 0 Å². The summed E-state index contributed by atoms with van der Waals surface area (Å²) < 4.78 is 0. The second-order valence-corrected chi connectivity index (χ2v) is 8.63. The largest absolute Gasteiger partial charge is 0.331 e. The van der Waals surface area contributed by atoms with E-state index in [2.05, 4.69) is 11.4 Å². The first-order valence-corrected chi connectivity index (χ1v) is 10.8. The number of hydrogen-bond acceptors (Lipinski definition) is 3. The van der Waals surface area contributed by atoms with Gasteiger partial charge in [-0.3, -0.25) is 4.79 Å². The van der Waals surface area contributed by atoms with Gasteiger partial charge in [0.25, 0.3) is 0 Å². The van der Waals surface area contributed by atoms with Crippen molar-refractivity contribution in [2.75, 3.05) is 33.7 Å². The summed E-state index contributed by atoms with van der Waals surface area (Å²) in [5.41, 5.74) is 2.21. The zero-order valence-electron chi connectivity index (χ0n) is 16.5. The minimum absolute atomic E-state index is 0.0274. The van der Waals surface area contributed by atoms with Crippen LogP contribution in [-0.2, 0) is 11.2 Å². The van der Waals surface area contributed by atoms with Gasteiger partial charge in [-0.1, -0.05) is 30.7 Å². The van der Waals surface area contributed by atoms with Gasteiger partial charge in [-0.05, 0) is 47.5 Å². The predicted octanol–water partition coefficient (Wildman–Crippen LogP) is 4.27. The van der Waals surface area contributed by atoms with Crippen LogP contribution >= 0.6 is 22.9 Å². The lowest BCUT2D eigenvalue weighted by molar-refractivity contribution is -0.134. The number of hydrogen-bond donors (Lipinski definition) is 0. The molecule has 1 aromatic carbocycles. The summed E-state index contributed by atoms with van der Waals surface area (Å²) in [6.45, 7) is 3.31. The first-order chi connectivity index (χ1) is 13.4. The number of halogens is 1. The van der Waals surface area contributed by atoms with E-state index in [0.29, 0.717) is 18.1 Å². The molecule has 0 saturated heterocycles. The van der Waals surface area contributed by atoms with Crippen molar-refractivity contribution in [2.45, 2.75) is 25.8 Å². The maximum Gasteiger partial charge on any atom is 0.319 e. The van der Waals surface area contributed by atoms with Gasteiger partial charge in [0.2, 0.25) is 5.91 Å². The third kappa shape index (κ3) is 4.33. The van der Waals surface area contributed by atoms with Crippen molar-refractivity contribution in [3.63, 3.8) is 0 Å². The fraction of sp³-hybridized carbons (Fsp3) is 0.429. The summed E-state index contributed by atoms with van der Waals surface area (Å²) in [4.78, 5) is 32.1. The van der Waals surface area contributed by atoms with E-state index in [0.717, 1.165) is 18.4 Å². The van der Waals surface area contributed by atoms with Crippen LogP contribution in [0.25, 0.3) is 0 Å². The molecule has 0 aliphatic carbocycles. The van der Waals surface area contributed by atoms with E-state index in [1.807, 2.05) is 36.1 Å². The summed E-state index contributed by atoms with van der Waals surface area (Å²) in [6.07, 6.45) is 1.65. The Labute approximate surface area is 175 Å². The number of thiophene rings is 1. The Kier molecular flexibility index (Phi) is 6.62. The van der Waals surface area contributed by atoms with Crippen LogP contribution < -0.4 is 0 Å². The molecule has 0 N–H and O–H groups in total. The second kappa shape index (κ2) is 8.97. The third-order valence-electron chi connectivity index (χ3n) is 4.94. The van der Waals surface area contributed by atoms with Crippen molar-refractivity contribution < 1.29 is 9.59 Å². The van der Waals surface area contributed by atoms with Crippen LogP contribution in [0, 0.1) is 0 Å². The number of nitrogens with zero attached hydrogens (tertiary/aromatic N) is 3. The lowest BCUT2D eigenvalue weighted by atomic mass is 9.93. The molecular formula is C21H26ClN3O2S. The minimum atomic E-state index is -0.141. The van der Waals surface area contributed by atoms with E-state index >= 15 is 0 Å². The van der Waals surface area contributed by atoms with Crippen LogP contribution in [0.2, 0.25) is 5.02 Å². The Hall–Kier alpha value is -2.05. The van der Waals surface area contributed by atoms with Crippen molar-refractivity contribution in [1.29, 1.82) is 0 Å². The Morgan fingerprint density at radius 3 is 2.57 bits per heavy atom. The highest BCUT2D eigenvalue weighted by Crippen LogP contribution is 2.38. The van der Waals surface area contributed by atoms with E-state index in [1.165, 1.54) is 15.3 Å². The molecule has 0 bridgehead atoms. The number of amides is 3. The summed E-state index contributed by atoms with van der Waals surface area (Å²) in [5.74, 6) is -0.0274. The van der Waals surface area contributed by atoms with Gasteiger partial charge in [0.15, 0.2) is 0 Å². The highest BCUT2D eigenvalue weighted by Gasteiger charge is 2.34. The standard InChI is InChI=1S/C21H26ClN3O2S/c1-4-11-24(21(27)23(2)3)14-19(26)25-12-9-18-17(10-13-28-18)20(25)15-5-7-16(22)8-6-15/h5-8,10,13,20H,4,9,11-12,14H2,1-3H3. The second-order valence-electron chi connectivity index (χ2n) is 7.19. The highest BCUT2D eigenvalue weighted by molar-refractivity contribution is 7.10. The number of rotatable bonds is 5. The van der Waals surface area contributed by atoms with Gasteiger partial charge in [0, 0.05) is 37.1 Å². The molecule has 0 saturated carbocycles. The van der Waals surface area contributed by atoms with Gasteiger partial charge in [-0.25, -0.2) is 4.79 Å². The van der Waals surface area contributed by atoms with Gasteiger partial charge in [0.05, 0.1) is 6.04 Å². The molecule has 5 nitrogen and oxygen atoms in total. The highest BCUT2D eigenvalue weighted by atomic mass is 35.5. The Morgan fingerprint density at radius 2 is 1.93 bits per heavy atom. The quantitative estimate of drug-likeness (QED) is 0.726. The zero-order valence-corrected chi connectivity index (χ0v) is 18.1. The molecule has 28 heavy (non-hydrogen) atoms. The lowest BCUT2D eigenvalue weighted by Crippen LogP contribution is -2.49. The zero-order chi connectivity index (χ0) is 20.3. The van der Waals surface area contributed by atoms with Crippen LogP contribution in [0.4, 0.5) is 4.79 Å². The molecule has 1 atom stereocenters. The van der Waals surface area contributed by atoms with Crippen molar-refractivity contribution in [1.82, 2.24) is 14.7 Å². The minimum Gasteiger partial charge on any atom is -0.331 e. The van der Waals surface area contributed by atoms with Gasteiger partial charge in [0.1, 0.15) is 6.54 Å². The summed E-state index contributed by atoms with van der Waals surface area (Å²) >= 11 is 7.81. The van der Waals surface area contributed by atoms with E-state index in [1.54, 1.807) is 30.3 Å². The van der Waals surface area contributed by atoms with Crippen LogP contribution in [0.5, 0.6) is 0 Å². The van der Waals surface area contributed by atoms with Crippen LogP contribution in [-0.4, -0.2) is 60.4 Å². The Bertz CT molecular complexity index is 834. The van der Waals surface area contributed by atoms with Gasteiger partial charge in [-0.2, -0.15) is 0 Å². The van der Waals surface area contributed by atoms with Crippen molar-refractivity contribution in [3.8, 4) is 0 Å². The molecular weight excluding hydrogens is 394 g/mol. The van der Waals surface area contributed by atoms with E-state index in [4.69, 9.17) is 11.6 Å². The summed E-state index contributed by atoms with van der Waals surface area (Å²) in [6, 6.07) is 9.51. The van der Waals surface area contributed by atoms with E-state index in [-0.39, 0.29) is 24.5 Å². The van der Waals surface area contributed by atoms with E-state index in [9.17, 15) is 9.59 Å². The maximum atomic E-state index is 13.3.